The van der Waals surface area contributed by atoms with Gasteiger partial charge in [-0.05, 0) is 38.2 Å². The van der Waals surface area contributed by atoms with Crippen LogP contribution in [0, 0.1) is 6.92 Å². The largest absolute Gasteiger partial charge is 0.465 e. The highest BCUT2D eigenvalue weighted by atomic mass is 16.3. The normalized spacial score (nSPS) is 11.7. The molecule has 2 heterocycles. The maximum Gasteiger partial charge on any atom is 0.118 e. The van der Waals surface area contributed by atoms with Gasteiger partial charge in [-0.2, -0.15) is 0 Å². The molecule has 0 aliphatic carbocycles. The molecule has 1 N–H and O–H groups in total. The summed E-state index contributed by atoms with van der Waals surface area (Å²) >= 11 is 0. The molecule has 0 aliphatic heterocycles. The first-order valence-corrected chi connectivity index (χ1v) is 7.08. The van der Waals surface area contributed by atoms with Crippen molar-refractivity contribution < 1.29 is 8.83 Å². The highest BCUT2D eigenvalue weighted by molar-refractivity contribution is 5.08. The quantitative estimate of drug-likeness (QED) is 0.842. The molecule has 0 spiro atoms. The molecular weight excluding hydrogens is 252 g/mol. The Balaban J connectivity index is 1.83. The monoisotopic (exact) mass is 276 g/mol. The van der Waals surface area contributed by atoms with Crippen molar-refractivity contribution in [2.45, 2.75) is 46.4 Å². The molecule has 4 heteroatoms. The van der Waals surface area contributed by atoms with E-state index in [0.717, 1.165) is 42.7 Å². The predicted molar refractivity (Wildman–Crippen MR) is 79.3 cm³/mol. The second-order valence-corrected chi connectivity index (χ2v) is 5.59. The Hall–Kier alpha value is -1.52. The molecule has 4 nitrogen and oxygen atoms in total. The van der Waals surface area contributed by atoms with E-state index in [0.29, 0.717) is 6.04 Å². The van der Waals surface area contributed by atoms with E-state index in [-0.39, 0.29) is 0 Å². The lowest BCUT2D eigenvalue weighted by molar-refractivity contribution is 0.259. The van der Waals surface area contributed by atoms with Crippen molar-refractivity contribution in [1.29, 1.82) is 0 Å². The van der Waals surface area contributed by atoms with Crippen molar-refractivity contribution in [2.75, 3.05) is 7.05 Å². The summed E-state index contributed by atoms with van der Waals surface area (Å²) < 4.78 is 11.4. The minimum absolute atomic E-state index is 0.466. The van der Waals surface area contributed by atoms with Gasteiger partial charge in [0.25, 0.3) is 0 Å². The van der Waals surface area contributed by atoms with E-state index in [1.54, 1.807) is 0 Å². The van der Waals surface area contributed by atoms with Crippen LogP contribution in [0.1, 0.15) is 36.9 Å². The molecule has 0 bridgehead atoms. The van der Waals surface area contributed by atoms with E-state index in [1.807, 2.05) is 31.2 Å². The molecule has 0 saturated heterocycles. The van der Waals surface area contributed by atoms with Crippen molar-refractivity contribution in [1.82, 2.24) is 10.2 Å². The maximum absolute atomic E-state index is 5.81. The standard InChI is InChI=1S/C16H24N2O2/c1-12(2)17-9-14-7-8-16(20-14)11-18(4)10-15-6-5-13(3)19-15/h5-8,12,17H,9-11H2,1-4H3. The molecule has 2 rings (SSSR count). The summed E-state index contributed by atoms with van der Waals surface area (Å²) in [6, 6.07) is 8.56. The minimum Gasteiger partial charge on any atom is -0.465 e. The van der Waals surface area contributed by atoms with E-state index in [4.69, 9.17) is 8.83 Å². The van der Waals surface area contributed by atoms with Crippen LogP contribution in [0.4, 0.5) is 0 Å². The number of hydrogen-bond acceptors (Lipinski definition) is 4. The fourth-order valence-electron chi connectivity index (χ4n) is 2.07. The Labute approximate surface area is 120 Å². The van der Waals surface area contributed by atoms with Crippen LogP contribution in [0.5, 0.6) is 0 Å². The summed E-state index contributed by atoms with van der Waals surface area (Å²) in [6.07, 6.45) is 0. The molecule has 0 fully saturated rings. The zero-order valence-electron chi connectivity index (χ0n) is 12.8. The molecule has 0 aromatic carbocycles. The Morgan fingerprint density at radius 1 is 1.00 bits per heavy atom. The van der Waals surface area contributed by atoms with Gasteiger partial charge in [0.05, 0.1) is 19.6 Å². The number of nitrogens with zero attached hydrogens (tertiary/aromatic N) is 1. The fraction of sp³-hybridized carbons (Fsp3) is 0.500. The second kappa shape index (κ2) is 6.77. The highest BCUT2D eigenvalue weighted by Gasteiger charge is 2.08. The third-order valence-electron chi connectivity index (χ3n) is 3.05. The Bertz CT molecular complexity index is 528. The maximum atomic E-state index is 5.81. The Morgan fingerprint density at radius 2 is 1.60 bits per heavy atom. The van der Waals surface area contributed by atoms with Crippen LogP contribution in [0.15, 0.2) is 33.1 Å². The van der Waals surface area contributed by atoms with Crippen LogP contribution in [0.2, 0.25) is 0 Å². The van der Waals surface area contributed by atoms with Crippen molar-refractivity contribution >= 4 is 0 Å². The fourth-order valence-corrected chi connectivity index (χ4v) is 2.07. The van der Waals surface area contributed by atoms with Crippen LogP contribution in [-0.4, -0.2) is 18.0 Å². The molecule has 20 heavy (non-hydrogen) atoms. The average molecular weight is 276 g/mol. The van der Waals surface area contributed by atoms with Gasteiger partial charge in [-0.1, -0.05) is 13.8 Å². The molecule has 0 amide bonds. The third-order valence-corrected chi connectivity index (χ3v) is 3.05. The van der Waals surface area contributed by atoms with Gasteiger partial charge >= 0.3 is 0 Å². The summed E-state index contributed by atoms with van der Waals surface area (Å²) in [5, 5.41) is 3.35. The van der Waals surface area contributed by atoms with Gasteiger partial charge in [0.15, 0.2) is 0 Å². The van der Waals surface area contributed by atoms with Crippen molar-refractivity contribution in [3.63, 3.8) is 0 Å². The molecule has 110 valence electrons. The SMILES string of the molecule is Cc1ccc(CN(C)Cc2ccc(CNC(C)C)o2)o1. The molecule has 0 saturated carbocycles. The minimum atomic E-state index is 0.466. The Morgan fingerprint density at radius 3 is 2.20 bits per heavy atom. The number of hydrogen-bond donors (Lipinski definition) is 1. The topological polar surface area (TPSA) is 41.5 Å². The molecular formula is C16H24N2O2. The van der Waals surface area contributed by atoms with E-state index >= 15 is 0 Å². The number of furan rings is 2. The first kappa shape index (κ1) is 14.9. The zero-order chi connectivity index (χ0) is 14.5. The third kappa shape index (κ3) is 4.54. The lowest BCUT2D eigenvalue weighted by Crippen LogP contribution is -2.21. The van der Waals surface area contributed by atoms with E-state index in [1.165, 1.54) is 0 Å². The van der Waals surface area contributed by atoms with Crippen LogP contribution in [-0.2, 0) is 19.6 Å². The van der Waals surface area contributed by atoms with Crippen LogP contribution in [0.3, 0.4) is 0 Å². The number of rotatable bonds is 7. The van der Waals surface area contributed by atoms with Crippen LogP contribution >= 0.6 is 0 Å². The van der Waals surface area contributed by atoms with Gasteiger partial charge < -0.3 is 14.2 Å². The average Bonchev–Trinajstić information content (AvgIpc) is 2.96. The van der Waals surface area contributed by atoms with Gasteiger partial charge in [-0.15, -0.1) is 0 Å². The molecule has 2 aromatic rings. The van der Waals surface area contributed by atoms with E-state index < -0.39 is 0 Å². The van der Waals surface area contributed by atoms with E-state index in [2.05, 4.69) is 31.1 Å². The lowest BCUT2D eigenvalue weighted by Gasteiger charge is -2.13. The number of aryl methyl sites for hydroxylation is 1. The molecule has 0 aliphatic rings. The molecule has 0 radical (unpaired) electrons. The summed E-state index contributed by atoms with van der Waals surface area (Å²) in [5.41, 5.74) is 0. The lowest BCUT2D eigenvalue weighted by atomic mass is 10.3. The van der Waals surface area contributed by atoms with Gasteiger partial charge in [0.2, 0.25) is 0 Å². The Kier molecular flexibility index (Phi) is 5.04. The number of nitrogens with one attached hydrogen (secondary N) is 1. The first-order chi connectivity index (χ1) is 9.52. The van der Waals surface area contributed by atoms with Crippen molar-refractivity contribution in [3.05, 3.63) is 47.3 Å². The zero-order valence-corrected chi connectivity index (χ0v) is 12.8. The molecule has 0 atom stereocenters. The van der Waals surface area contributed by atoms with Crippen molar-refractivity contribution in [3.8, 4) is 0 Å². The smallest absolute Gasteiger partial charge is 0.118 e. The van der Waals surface area contributed by atoms with Gasteiger partial charge in [-0.3, -0.25) is 4.90 Å². The highest BCUT2D eigenvalue weighted by Crippen LogP contribution is 2.13. The van der Waals surface area contributed by atoms with Gasteiger partial charge in [-0.25, -0.2) is 0 Å². The summed E-state index contributed by atoms with van der Waals surface area (Å²) in [4.78, 5) is 2.18. The predicted octanol–water partition coefficient (Wildman–Crippen LogP) is 3.31. The van der Waals surface area contributed by atoms with Gasteiger partial charge in [0.1, 0.15) is 23.0 Å². The summed E-state index contributed by atoms with van der Waals surface area (Å²) in [7, 11) is 2.06. The molecule has 0 unspecified atom stereocenters. The molecule has 2 aromatic heterocycles. The van der Waals surface area contributed by atoms with Crippen LogP contribution < -0.4 is 5.32 Å². The summed E-state index contributed by atoms with van der Waals surface area (Å²) in [6.45, 7) is 8.56. The second-order valence-electron chi connectivity index (χ2n) is 5.59. The van der Waals surface area contributed by atoms with Crippen LogP contribution in [0.25, 0.3) is 0 Å². The van der Waals surface area contributed by atoms with Crippen molar-refractivity contribution in [2.24, 2.45) is 0 Å². The summed E-state index contributed by atoms with van der Waals surface area (Å²) in [5.74, 6) is 3.90. The van der Waals surface area contributed by atoms with E-state index in [9.17, 15) is 0 Å². The van der Waals surface area contributed by atoms with Gasteiger partial charge in [0, 0.05) is 6.04 Å². The first-order valence-electron chi connectivity index (χ1n) is 7.08.